The number of aromatic nitrogens is 1. The predicted molar refractivity (Wildman–Crippen MR) is 76.9 cm³/mol. The van der Waals surface area contributed by atoms with Crippen molar-refractivity contribution in [2.24, 2.45) is 5.92 Å². The summed E-state index contributed by atoms with van der Waals surface area (Å²) in [5.41, 5.74) is 2.13. The molecule has 0 spiro atoms. The van der Waals surface area contributed by atoms with Crippen molar-refractivity contribution in [2.45, 2.75) is 19.9 Å². The molecule has 0 fully saturated rings. The molecule has 2 rings (SSSR count). The number of hydrogen-bond donors (Lipinski definition) is 1. The van der Waals surface area contributed by atoms with Crippen molar-refractivity contribution in [1.29, 1.82) is 0 Å². The molecule has 1 aromatic carbocycles. The van der Waals surface area contributed by atoms with Gasteiger partial charge in [0.15, 0.2) is 5.15 Å². The fourth-order valence-electron chi connectivity index (χ4n) is 1.96. The molecule has 0 radical (unpaired) electrons. The van der Waals surface area contributed by atoms with E-state index in [0.29, 0.717) is 11.1 Å². The average Bonchev–Trinajstić information content (AvgIpc) is 2.38. The second kappa shape index (κ2) is 5.87. The number of anilines is 1. The van der Waals surface area contributed by atoms with Crippen LogP contribution >= 0.6 is 11.6 Å². The minimum absolute atomic E-state index is 0.230. The van der Waals surface area contributed by atoms with Crippen LogP contribution in [0.3, 0.4) is 0 Å². The normalized spacial score (nSPS) is 12.4. The number of nitrogens with zero attached hydrogens (tertiary/aromatic N) is 1. The first kappa shape index (κ1) is 12.9. The summed E-state index contributed by atoms with van der Waals surface area (Å²) in [5.74, 6) is 0.462. The Morgan fingerprint density at radius 1 is 1.06 bits per heavy atom. The second-order valence-electron chi connectivity index (χ2n) is 4.62. The third kappa shape index (κ3) is 3.02. The molecule has 2 nitrogen and oxygen atoms in total. The molecule has 94 valence electrons. The van der Waals surface area contributed by atoms with Crippen molar-refractivity contribution in [2.75, 3.05) is 5.32 Å². The number of pyridine rings is 1. The highest BCUT2D eigenvalue weighted by molar-refractivity contribution is 6.31. The predicted octanol–water partition coefficient (Wildman–Crippen LogP) is 4.54. The minimum atomic E-state index is 0.230. The fourth-order valence-corrected chi connectivity index (χ4v) is 2.13. The van der Waals surface area contributed by atoms with Crippen molar-refractivity contribution < 1.29 is 0 Å². The third-order valence-corrected chi connectivity index (χ3v) is 3.20. The second-order valence-corrected chi connectivity index (χ2v) is 4.98. The van der Waals surface area contributed by atoms with Crippen LogP contribution < -0.4 is 5.32 Å². The summed E-state index contributed by atoms with van der Waals surface area (Å²) in [5, 5.41) is 3.98. The standard InChI is InChI=1S/C15H17ClN2/c1-11(2)14(12-7-4-3-5-8-12)18-13-9-6-10-17-15(13)16/h3-11,14,18H,1-2H3. The van der Waals surface area contributed by atoms with Crippen molar-refractivity contribution in [3.05, 3.63) is 59.4 Å². The SMILES string of the molecule is CC(C)C(Nc1cccnc1Cl)c1ccccc1. The number of nitrogens with one attached hydrogen (secondary N) is 1. The van der Waals surface area contributed by atoms with Gasteiger partial charge in [-0.3, -0.25) is 0 Å². The van der Waals surface area contributed by atoms with Gasteiger partial charge in [-0.15, -0.1) is 0 Å². The summed E-state index contributed by atoms with van der Waals surface area (Å²) in [4.78, 5) is 4.09. The Kier molecular flexibility index (Phi) is 4.21. The van der Waals surface area contributed by atoms with Crippen LogP contribution in [0.2, 0.25) is 5.15 Å². The molecule has 2 aromatic rings. The van der Waals surface area contributed by atoms with Gasteiger partial charge >= 0.3 is 0 Å². The Morgan fingerprint density at radius 2 is 1.78 bits per heavy atom. The summed E-state index contributed by atoms with van der Waals surface area (Å²) in [6.07, 6.45) is 1.69. The van der Waals surface area contributed by atoms with Gasteiger partial charge in [0.05, 0.1) is 11.7 Å². The van der Waals surface area contributed by atoms with E-state index in [1.807, 2.05) is 18.2 Å². The van der Waals surface area contributed by atoms with E-state index in [1.165, 1.54) is 5.56 Å². The first-order valence-electron chi connectivity index (χ1n) is 6.10. The smallest absolute Gasteiger partial charge is 0.152 e. The van der Waals surface area contributed by atoms with Gasteiger partial charge in [-0.25, -0.2) is 4.98 Å². The van der Waals surface area contributed by atoms with Gasteiger partial charge in [0.25, 0.3) is 0 Å². The first-order valence-corrected chi connectivity index (χ1v) is 6.48. The molecule has 0 saturated heterocycles. The number of benzene rings is 1. The van der Waals surface area contributed by atoms with Crippen LogP contribution in [0.1, 0.15) is 25.5 Å². The van der Waals surface area contributed by atoms with Crippen molar-refractivity contribution in [3.8, 4) is 0 Å². The molecule has 18 heavy (non-hydrogen) atoms. The Labute approximate surface area is 113 Å². The van der Waals surface area contributed by atoms with E-state index < -0.39 is 0 Å². The van der Waals surface area contributed by atoms with Crippen molar-refractivity contribution in [1.82, 2.24) is 4.98 Å². The monoisotopic (exact) mass is 260 g/mol. The molecular formula is C15H17ClN2. The molecule has 1 unspecified atom stereocenters. The zero-order chi connectivity index (χ0) is 13.0. The highest BCUT2D eigenvalue weighted by Crippen LogP contribution is 2.28. The maximum atomic E-state index is 6.09. The van der Waals surface area contributed by atoms with Gasteiger partial charge in [-0.05, 0) is 23.6 Å². The summed E-state index contributed by atoms with van der Waals surface area (Å²) >= 11 is 6.09. The minimum Gasteiger partial charge on any atom is -0.375 e. The molecule has 1 N–H and O–H groups in total. The molecule has 1 heterocycles. The average molecular weight is 261 g/mol. The van der Waals surface area contributed by atoms with E-state index in [2.05, 4.69) is 48.4 Å². The van der Waals surface area contributed by atoms with Gasteiger partial charge in [-0.1, -0.05) is 55.8 Å². The van der Waals surface area contributed by atoms with E-state index >= 15 is 0 Å². The molecule has 0 aliphatic carbocycles. The van der Waals surface area contributed by atoms with Crippen molar-refractivity contribution >= 4 is 17.3 Å². The Bertz CT molecular complexity index is 497. The molecule has 0 amide bonds. The maximum Gasteiger partial charge on any atom is 0.152 e. The lowest BCUT2D eigenvalue weighted by Gasteiger charge is -2.24. The van der Waals surface area contributed by atoms with Gasteiger partial charge in [-0.2, -0.15) is 0 Å². The number of rotatable bonds is 4. The van der Waals surface area contributed by atoms with Crippen LogP contribution in [0.4, 0.5) is 5.69 Å². The van der Waals surface area contributed by atoms with E-state index in [9.17, 15) is 0 Å². The molecular weight excluding hydrogens is 244 g/mol. The summed E-state index contributed by atoms with van der Waals surface area (Å²) in [6, 6.07) is 14.5. The van der Waals surface area contributed by atoms with Gasteiger partial charge in [0.1, 0.15) is 0 Å². The highest BCUT2D eigenvalue weighted by Gasteiger charge is 2.16. The maximum absolute atomic E-state index is 6.09. The Hall–Kier alpha value is -1.54. The molecule has 1 atom stereocenters. The zero-order valence-corrected chi connectivity index (χ0v) is 11.4. The largest absolute Gasteiger partial charge is 0.375 e. The fraction of sp³-hybridized carbons (Fsp3) is 0.267. The molecule has 0 aliphatic heterocycles. The lowest BCUT2D eigenvalue weighted by molar-refractivity contribution is 0.546. The molecule has 0 aliphatic rings. The van der Waals surface area contributed by atoms with E-state index in [1.54, 1.807) is 6.20 Å². The molecule has 1 aromatic heterocycles. The van der Waals surface area contributed by atoms with Gasteiger partial charge in [0, 0.05) is 6.20 Å². The number of hydrogen-bond acceptors (Lipinski definition) is 2. The Balaban J connectivity index is 2.26. The van der Waals surface area contributed by atoms with E-state index in [4.69, 9.17) is 11.6 Å². The zero-order valence-electron chi connectivity index (χ0n) is 10.6. The highest BCUT2D eigenvalue weighted by atomic mass is 35.5. The molecule has 3 heteroatoms. The number of halogens is 1. The van der Waals surface area contributed by atoms with Crippen LogP contribution in [0, 0.1) is 5.92 Å². The van der Waals surface area contributed by atoms with Gasteiger partial charge < -0.3 is 5.32 Å². The van der Waals surface area contributed by atoms with Crippen molar-refractivity contribution in [3.63, 3.8) is 0 Å². The quantitative estimate of drug-likeness (QED) is 0.816. The van der Waals surface area contributed by atoms with Crippen LogP contribution in [0.15, 0.2) is 48.7 Å². The van der Waals surface area contributed by atoms with Crippen LogP contribution in [0.5, 0.6) is 0 Å². The van der Waals surface area contributed by atoms with Crippen LogP contribution in [-0.2, 0) is 0 Å². The topological polar surface area (TPSA) is 24.9 Å². The lowest BCUT2D eigenvalue weighted by Crippen LogP contribution is -2.17. The molecule has 0 saturated carbocycles. The van der Waals surface area contributed by atoms with E-state index in [-0.39, 0.29) is 6.04 Å². The lowest BCUT2D eigenvalue weighted by atomic mass is 9.96. The first-order chi connectivity index (χ1) is 8.68. The van der Waals surface area contributed by atoms with Gasteiger partial charge in [0.2, 0.25) is 0 Å². The summed E-state index contributed by atoms with van der Waals surface area (Å²) in [7, 11) is 0. The van der Waals surface area contributed by atoms with Crippen LogP contribution in [0.25, 0.3) is 0 Å². The Morgan fingerprint density at radius 3 is 2.39 bits per heavy atom. The summed E-state index contributed by atoms with van der Waals surface area (Å²) < 4.78 is 0. The third-order valence-electron chi connectivity index (χ3n) is 2.90. The van der Waals surface area contributed by atoms with Crippen LogP contribution in [-0.4, -0.2) is 4.98 Å². The van der Waals surface area contributed by atoms with E-state index in [0.717, 1.165) is 5.69 Å². The summed E-state index contributed by atoms with van der Waals surface area (Å²) in [6.45, 7) is 4.38. The molecule has 0 bridgehead atoms.